The average Bonchev–Trinajstić information content (AvgIpc) is 2.54. The fourth-order valence-corrected chi connectivity index (χ4v) is 2.23. The second-order valence-electron chi connectivity index (χ2n) is 4.01. The van der Waals surface area contributed by atoms with Crippen LogP contribution in [0.2, 0.25) is 10.0 Å². The van der Waals surface area contributed by atoms with Gasteiger partial charge in [-0.3, -0.25) is 0 Å². The van der Waals surface area contributed by atoms with Crippen molar-refractivity contribution in [2.75, 3.05) is 7.11 Å². The molecule has 2 rings (SSSR count). The van der Waals surface area contributed by atoms with Gasteiger partial charge in [-0.25, -0.2) is 9.59 Å². The third kappa shape index (κ3) is 3.00. The number of carbonyl (C=O) groups excluding carboxylic acids is 2. The van der Waals surface area contributed by atoms with Gasteiger partial charge < -0.3 is 14.2 Å². The number of hydrogen-bond acceptors (Lipinski definition) is 5. The Morgan fingerprint density at radius 2 is 1.55 bits per heavy atom. The Kier molecular flexibility index (Phi) is 4.90. The molecule has 0 bridgehead atoms. The molecule has 0 heterocycles. The molecule has 7 heteroatoms. The number of rotatable bonds is 3. The lowest BCUT2D eigenvalue weighted by Crippen LogP contribution is -2.09. The maximum atomic E-state index is 11.5. The third-order valence-corrected chi connectivity index (χ3v) is 3.55. The predicted molar refractivity (Wildman–Crippen MR) is 82.8 cm³/mol. The van der Waals surface area contributed by atoms with Crippen LogP contribution >= 0.6 is 23.2 Å². The molecule has 0 aromatic heterocycles. The molecule has 114 valence electrons. The van der Waals surface area contributed by atoms with Crippen LogP contribution in [0.3, 0.4) is 0 Å². The molecule has 0 amide bonds. The molecule has 5 nitrogen and oxygen atoms in total. The van der Waals surface area contributed by atoms with E-state index < -0.39 is 12.1 Å². The number of methoxy groups -OCH3 is 1. The maximum absolute atomic E-state index is 11.5. The summed E-state index contributed by atoms with van der Waals surface area (Å²) >= 11 is 12.3. The lowest BCUT2D eigenvalue weighted by atomic mass is 10.1. The Hall–Kier alpha value is -2.24. The maximum Gasteiger partial charge on any atom is 0.513 e. The molecule has 2 aromatic rings. The van der Waals surface area contributed by atoms with Gasteiger partial charge in [0.05, 0.1) is 7.11 Å². The topological polar surface area (TPSA) is 61.8 Å². The molecule has 0 unspecified atom stereocenters. The Morgan fingerprint density at radius 3 is 2.00 bits per heavy atom. The van der Waals surface area contributed by atoms with Crippen molar-refractivity contribution in [2.45, 2.75) is 0 Å². The number of ether oxygens (including phenoxy) is 3. The molecule has 0 fully saturated rings. The minimum atomic E-state index is -0.945. The zero-order valence-electron chi connectivity index (χ0n) is 11.4. The molecule has 0 aliphatic rings. The molecule has 0 N–H and O–H groups in total. The highest BCUT2D eigenvalue weighted by molar-refractivity contribution is 6.45. The highest BCUT2D eigenvalue weighted by atomic mass is 35.5. The fourth-order valence-electron chi connectivity index (χ4n) is 1.78. The number of esters is 1. The summed E-state index contributed by atoms with van der Waals surface area (Å²) in [5, 5.41) is 0.757. The van der Waals surface area contributed by atoms with Crippen LogP contribution in [-0.2, 0) is 9.53 Å². The van der Waals surface area contributed by atoms with Gasteiger partial charge in [-0.1, -0.05) is 54.0 Å². The summed E-state index contributed by atoms with van der Waals surface area (Å²) < 4.78 is 14.6. The molecule has 0 atom stereocenters. The van der Waals surface area contributed by atoms with Crippen molar-refractivity contribution >= 4 is 46.1 Å². The van der Waals surface area contributed by atoms with E-state index in [1.54, 1.807) is 24.3 Å². The number of hydrogen-bond donors (Lipinski definition) is 0. The van der Waals surface area contributed by atoms with Crippen molar-refractivity contribution in [3.63, 3.8) is 0 Å². The Morgan fingerprint density at radius 1 is 1.05 bits per heavy atom. The highest BCUT2D eigenvalue weighted by Crippen LogP contribution is 2.46. The molecule has 0 spiro atoms. The van der Waals surface area contributed by atoms with Gasteiger partial charge in [0.15, 0.2) is 11.5 Å². The van der Waals surface area contributed by atoms with Gasteiger partial charge in [0.1, 0.15) is 10.0 Å². The van der Waals surface area contributed by atoms with Gasteiger partial charge in [0, 0.05) is 16.8 Å². The second-order valence-corrected chi connectivity index (χ2v) is 4.77. The number of fused-ring (bicyclic) bond motifs is 1. The summed E-state index contributed by atoms with van der Waals surface area (Å²) in [6, 6.07) is 6.70. The van der Waals surface area contributed by atoms with Gasteiger partial charge >= 0.3 is 12.1 Å². The van der Waals surface area contributed by atoms with Crippen LogP contribution in [0.5, 0.6) is 11.5 Å². The van der Waals surface area contributed by atoms with E-state index in [1.807, 2.05) is 0 Å². The van der Waals surface area contributed by atoms with Crippen molar-refractivity contribution < 1.29 is 23.8 Å². The van der Waals surface area contributed by atoms with Crippen LogP contribution < -0.4 is 9.47 Å². The van der Waals surface area contributed by atoms with Crippen LogP contribution in [0.25, 0.3) is 10.8 Å². The zero-order valence-corrected chi connectivity index (χ0v) is 12.9. The van der Waals surface area contributed by atoms with E-state index in [0.717, 1.165) is 6.08 Å². The van der Waals surface area contributed by atoms with E-state index in [1.165, 1.54) is 7.11 Å². The molecule has 22 heavy (non-hydrogen) atoms. The minimum absolute atomic E-state index is 0.0209. The van der Waals surface area contributed by atoms with E-state index in [2.05, 4.69) is 11.3 Å². The first kappa shape index (κ1) is 16.1. The van der Waals surface area contributed by atoms with Crippen LogP contribution in [-0.4, -0.2) is 19.2 Å². The first-order chi connectivity index (χ1) is 10.5. The summed E-state index contributed by atoms with van der Waals surface area (Å²) in [4.78, 5) is 22.8. The van der Waals surface area contributed by atoms with Crippen molar-refractivity contribution in [2.24, 2.45) is 0 Å². The second kappa shape index (κ2) is 6.68. The summed E-state index contributed by atoms with van der Waals surface area (Å²) in [5.74, 6) is -0.610. The van der Waals surface area contributed by atoms with E-state index >= 15 is 0 Å². The van der Waals surface area contributed by atoms with Gasteiger partial charge in [-0.2, -0.15) is 0 Å². The minimum Gasteiger partial charge on any atom is -0.437 e. The van der Waals surface area contributed by atoms with Crippen LogP contribution in [0, 0.1) is 0 Å². The Bertz CT molecular complexity index is 770. The van der Waals surface area contributed by atoms with Gasteiger partial charge in [-0.05, 0) is 0 Å². The molecule has 0 saturated carbocycles. The van der Waals surface area contributed by atoms with E-state index in [-0.39, 0.29) is 21.5 Å². The smallest absolute Gasteiger partial charge is 0.437 e. The zero-order chi connectivity index (χ0) is 16.3. The highest BCUT2D eigenvalue weighted by Gasteiger charge is 2.22. The largest absolute Gasteiger partial charge is 0.513 e. The first-order valence-corrected chi connectivity index (χ1v) is 6.75. The number of benzene rings is 2. The number of halogens is 2. The Balaban J connectivity index is 2.71. The Labute approximate surface area is 136 Å². The summed E-state index contributed by atoms with van der Waals surface area (Å²) in [5.41, 5.74) is 0. The summed E-state index contributed by atoms with van der Waals surface area (Å²) in [6.07, 6.45) is 0.0525. The quantitative estimate of drug-likeness (QED) is 0.359. The van der Waals surface area contributed by atoms with Crippen molar-refractivity contribution in [3.8, 4) is 11.5 Å². The van der Waals surface area contributed by atoms with Crippen molar-refractivity contribution in [1.82, 2.24) is 0 Å². The van der Waals surface area contributed by atoms with Crippen LogP contribution in [0.15, 0.2) is 36.9 Å². The molecule has 0 radical (unpaired) electrons. The molecule has 0 aliphatic carbocycles. The molecule has 0 saturated heterocycles. The average molecular weight is 341 g/mol. The van der Waals surface area contributed by atoms with E-state index in [4.69, 9.17) is 32.7 Å². The predicted octanol–water partition coefficient (Wildman–Crippen LogP) is 4.38. The van der Waals surface area contributed by atoms with Crippen molar-refractivity contribution in [3.05, 3.63) is 47.0 Å². The molecular formula is C15H10Cl2O5. The first-order valence-electron chi connectivity index (χ1n) is 5.99. The van der Waals surface area contributed by atoms with Gasteiger partial charge in [0.25, 0.3) is 0 Å². The monoisotopic (exact) mass is 340 g/mol. The van der Waals surface area contributed by atoms with Crippen LogP contribution in [0.4, 0.5) is 4.79 Å². The fraction of sp³-hybridized carbons (Fsp3) is 0.0667. The van der Waals surface area contributed by atoms with E-state index in [0.29, 0.717) is 10.8 Å². The summed E-state index contributed by atoms with van der Waals surface area (Å²) in [7, 11) is 1.17. The number of carbonyl (C=O) groups is 2. The lowest BCUT2D eigenvalue weighted by Gasteiger charge is -2.14. The molecule has 2 aromatic carbocycles. The van der Waals surface area contributed by atoms with Gasteiger partial charge in [-0.15, -0.1) is 0 Å². The normalized spacial score (nSPS) is 10.1. The van der Waals surface area contributed by atoms with Crippen LogP contribution in [0.1, 0.15) is 0 Å². The lowest BCUT2D eigenvalue weighted by molar-refractivity contribution is -0.128. The molecule has 0 aliphatic heterocycles. The third-order valence-electron chi connectivity index (χ3n) is 2.73. The standard InChI is InChI=1S/C15H10Cl2O5/c1-3-10(18)21-13-8-6-4-5-7-9(8)14(12(17)11(13)16)22-15(19)20-2/h3-7H,1H2,2H3. The molecular weight excluding hydrogens is 331 g/mol. The van der Waals surface area contributed by atoms with Crippen molar-refractivity contribution in [1.29, 1.82) is 0 Å². The summed E-state index contributed by atoms with van der Waals surface area (Å²) in [6.45, 7) is 3.32. The SMILES string of the molecule is C=CC(=O)Oc1c(Cl)c(Cl)c(OC(=O)OC)c2ccccc12. The van der Waals surface area contributed by atoms with Gasteiger partial charge in [0.2, 0.25) is 0 Å². The van der Waals surface area contributed by atoms with E-state index in [9.17, 15) is 9.59 Å².